The average molecular weight is 285 g/mol. The van der Waals surface area contributed by atoms with Gasteiger partial charge in [0.25, 0.3) is 0 Å². The van der Waals surface area contributed by atoms with E-state index in [0.29, 0.717) is 0 Å². The molecule has 0 bridgehead atoms. The van der Waals surface area contributed by atoms with Gasteiger partial charge in [0.2, 0.25) is 0 Å². The topological polar surface area (TPSA) is 12.0 Å². The number of hydrogen-bond acceptors (Lipinski definition) is 1. The van der Waals surface area contributed by atoms with Crippen LogP contribution in [0.5, 0.6) is 0 Å². The maximum Gasteiger partial charge on any atom is 0.0205 e. The monoisotopic (exact) mass is 285 g/mol. The standard InChI is InChI=1S/C9H13N.C9H12.C2H6/c1-8-5-3-4-6-9(8)7-10-2;1-3-9-7-5-4-6-8(9)2;1-2/h3-6,10H,7H2,1-2H3;4-7H,3H2,1-2H3;1-2H3. The van der Waals surface area contributed by atoms with E-state index in [1.807, 2.05) is 20.9 Å². The first-order chi connectivity index (χ1) is 10.2. The molecule has 0 aliphatic carbocycles. The molecule has 116 valence electrons. The van der Waals surface area contributed by atoms with E-state index in [1.54, 1.807) is 0 Å². The second-order valence-corrected chi connectivity index (χ2v) is 4.74. The Morgan fingerprint density at radius 3 is 1.52 bits per heavy atom. The van der Waals surface area contributed by atoms with Crippen LogP contribution in [-0.2, 0) is 13.0 Å². The van der Waals surface area contributed by atoms with Crippen molar-refractivity contribution < 1.29 is 0 Å². The minimum absolute atomic E-state index is 0.965. The van der Waals surface area contributed by atoms with Crippen molar-refractivity contribution in [3.63, 3.8) is 0 Å². The van der Waals surface area contributed by atoms with Crippen LogP contribution in [0.4, 0.5) is 0 Å². The van der Waals surface area contributed by atoms with Crippen LogP contribution in [0.3, 0.4) is 0 Å². The van der Waals surface area contributed by atoms with Gasteiger partial charge in [-0.15, -0.1) is 0 Å². The van der Waals surface area contributed by atoms with Crippen molar-refractivity contribution >= 4 is 0 Å². The Labute approximate surface area is 131 Å². The summed E-state index contributed by atoms with van der Waals surface area (Å²) in [6.07, 6.45) is 1.15. The van der Waals surface area contributed by atoms with E-state index in [2.05, 4.69) is 74.6 Å². The summed E-state index contributed by atoms with van der Waals surface area (Å²) in [4.78, 5) is 0. The highest BCUT2D eigenvalue weighted by molar-refractivity contribution is 5.25. The van der Waals surface area contributed by atoms with Gasteiger partial charge in [-0.3, -0.25) is 0 Å². The van der Waals surface area contributed by atoms with Gasteiger partial charge in [0, 0.05) is 6.54 Å². The molecule has 0 saturated heterocycles. The molecule has 2 aromatic carbocycles. The van der Waals surface area contributed by atoms with Crippen LogP contribution in [0.1, 0.15) is 43.0 Å². The van der Waals surface area contributed by atoms with E-state index in [0.717, 1.165) is 13.0 Å². The first kappa shape index (κ1) is 19.4. The fourth-order valence-corrected chi connectivity index (χ4v) is 2.01. The average Bonchev–Trinajstić information content (AvgIpc) is 2.53. The molecule has 1 heteroatoms. The van der Waals surface area contributed by atoms with Crippen molar-refractivity contribution in [3.8, 4) is 0 Å². The van der Waals surface area contributed by atoms with E-state index in [9.17, 15) is 0 Å². The molecule has 2 rings (SSSR count). The van der Waals surface area contributed by atoms with Crippen LogP contribution >= 0.6 is 0 Å². The zero-order chi connectivity index (χ0) is 16.1. The second-order valence-electron chi connectivity index (χ2n) is 4.74. The lowest BCUT2D eigenvalue weighted by atomic mass is 10.1. The summed E-state index contributed by atoms with van der Waals surface area (Å²) in [5, 5.41) is 3.12. The highest BCUT2D eigenvalue weighted by Crippen LogP contribution is 2.06. The van der Waals surface area contributed by atoms with Gasteiger partial charge >= 0.3 is 0 Å². The van der Waals surface area contributed by atoms with Gasteiger partial charge in [0.15, 0.2) is 0 Å². The predicted octanol–water partition coefficient (Wildman–Crippen LogP) is 5.30. The summed E-state index contributed by atoms with van der Waals surface area (Å²) in [6, 6.07) is 16.9. The number of hydrogen-bond donors (Lipinski definition) is 1. The zero-order valence-electron chi connectivity index (χ0n) is 14.5. The summed E-state index contributed by atoms with van der Waals surface area (Å²) in [6.45, 7) is 11.4. The van der Waals surface area contributed by atoms with Crippen LogP contribution in [0, 0.1) is 13.8 Å². The van der Waals surface area contributed by atoms with Gasteiger partial charge in [-0.25, -0.2) is 0 Å². The smallest absolute Gasteiger partial charge is 0.0205 e. The zero-order valence-corrected chi connectivity index (χ0v) is 14.5. The fourth-order valence-electron chi connectivity index (χ4n) is 2.01. The number of aryl methyl sites for hydroxylation is 3. The Balaban J connectivity index is 0.000000342. The van der Waals surface area contributed by atoms with Crippen molar-refractivity contribution in [2.75, 3.05) is 7.05 Å². The third-order valence-electron chi connectivity index (χ3n) is 3.27. The summed E-state index contributed by atoms with van der Waals surface area (Å²) >= 11 is 0. The molecule has 0 saturated carbocycles. The molecular formula is C20H31N. The molecule has 0 aliphatic heterocycles. The van der Waals surface area contributed by atoms with Crippen LogP contribution in [0.2, 0.25) is 0 Å². The van der Waals surface area contributed by atoms with Crippen molar-refractivity contribution in [2.24, 2.45) is 0 Å². The molecular weight excluding hydrogens is 254 g/mol. The lowest BCUT2D eigenvalue weighted by Crippen LogP contribution is -2.05. The predicted molar refractivity (Wildman–Crippen MR) is 95.8 cm³/mol. The van der Waals surface area contributed by atoms with E-state index in [4.69, 9.17) is 0 Å². The van der Waals surface area contributed by atoms with Crippen LogP contribution in [-0.4, -0.2) is 7.05 Å². The second kappa shape index (κ2) is 12.2. The van der Waals surface area contributed by atoms with Gasteiger partial charge in [-0.2, -0.15) is 0 Å². The highest BCUT2D eigenvalue weighted by Gasteiger charge is 1.92. The molecule has 0 heterocycles. The Morgan fingerprint density at radius 2 is 1.19 bits per heavy atom. The third kappa shape index (κ3) is 7.67. The van der Waals surface area contributed by atoms with Crippen LogP contribution < -0.4 is 5.32 Å². The molecule has 1 N–H and O–H groups in total. The van der Waals surface area contributed by atoms with Crippen molar-refractivity contribution in [1.29, 1.82) is 0 Å². The maximum absolute atomic E-state index is 3.12. The SMILES string of the molecule is CC.CCc1ccccc1C.CNCc1ccccc1C. The first-order valence-corrected chi connectivity index (χ1v) is 7.92. The lowest BCUT2D eigenvalue weighted by Gasteiger charge is -2.02. The Bertz CT molecular complexity index is 489. The summed E-state index contributed by atoms with van der Waals surface area (Å²) in [5.41, 5.74) is 5.60. The first-order valence-electron chi connectivity index (χ1n) is 7.92. The van der Waals surface area contributed by atoms with Crippen molar-refractivity contribution in [2.45, 2.75) is 47.6 Å². The molecule has 0 spiro atoms. The van der Waals surface area contributed by atoms with E-state index < -0.39 is 0 Å². The fraction of sp³-hybridized carbons (Fsp3) is 0.400. The minimum Gasteiger partial charge on any atom is -0.316 e. The van der Waals surface area contributed by atoms with Crippen molar-refractivity contribution in [1.82, 2.24) is 5.32 Å². The van der Waals surface area contributed by atoms with Crippen LogP contribution in [0.25, 0.3) is 0 Å². The molecule has 1 nitrogen and oxygen atoms in total. The third-order valence-corrected chi connectivity index (χ3v) is 3.27. The van der Waals surface area contributed by atoms with Crippen LogP contribution in [0.15, 0.2) is 48.5 Å². The Morgan fingerprint density at radius 1 is 0.762 bits per heavy atom. The Kier molecular flexibility index (Phi) is 11.2. The number of rotatable bonds is 3. The Hall–Kier alpha value is -1.60. The molecule has 0 aliphatic rings. The molecule has 0 aromatic heterocycles. The summed E-state index contributed by atoms with van der Waals surface area (Å²) in [5.74, 6) is 0. The molecule has 0 amide bonds. The van der Waals surface area contributed by atoms with Gasteiger partial charge in [-0.1, -0.05) is 69.3 Å². The molecule has 0 unspecified atom stereocenters. The number of benzene rings is 2. The molecule has 2 aromatic rings. The molecule has 0 atom stereocenters. The quantitative estimate of drug-likeness (QED) is 0.807. The van der Waals surface area contributed by atoms with E-state index >= 15 is 0 Å². The summed E-state index contributed by atoms with van der Waals surface area (Å²) < 4.78 is 0. The van der Waals surface area contributed by atoms with Gasteiger partial charge in [0.1, 0.15) is 0 Å². The minimum atomic E-state index is 0.965. The maximum atomic E-state index is 3.12. The molecule has 0 fully saturated rings. The van der Waals surface area contributed by atoms with E-state index in [1.165, 1.54) is 22.3 Å². The van der Waals surface area contributed by atoms with E-state index in [-0.39, 0.29) is 0 Å². The summed E-state index contributed by atoms with van der Waals surface area (Å²) in [7, 11) is 1.96. The lowest BCUT2D eigenvalue weighted by molar-refractivity contribution is 0.812. The van der Waals surface area contributed by atoms with Crippen molar-refractivity contribution in [3.05, 3.63) is 70.8 Å². The molecule has 21 heavy (non-hydrogen) atoms. The number of nitrogens with one attached hydrogen (secondary N) is 1. The van der Waals surface area contributed by atoms with Gasteiger partial charge < -0.3 is 5.32 Å². The normalized spacial score (nSPS) is 9.05. The van der Waals surface area contributed by atoms with Gasteiger partial charge in [0.05, 0.1) is 0 Å². The highest BCUT2D eigenvalue weighted by atomic mass is 14.8. The molecule has 0 radical (unpaired) electrons. The largest absolute Gasteiger partial charge is 0.316 e. The van der Waals surface area contributed by atoms with Gasteiger partial charge in [-0.05, 0) is 49.6 Å².